The number of fused-ring (bicyclic) bond motifs is 1. The quantitative estimate of drug-likeness (QED) is 0.678. The van der Waals surface area contributed by atoms with Crippen LogP contribution in [-0.4, -0.2) is 12.1 Å². The largest absolute Gasteiger partial charge is 0.546 e. The molecule has 0 aliphatic carbocycles. The van der Waals surface area contributed by atoms with E-state index in [1.807, 2.05) is 0 Å². The maximum Gasteiger partial charge on any atom is 0.235 e. The van der Waals surface area contributed by atoms with Crippen LogP contribution in [0.25, 0.3) is 22.3 Å². The molecule has 134 valence electrons. The Hall–Kier alpha value is -2.50. The molecule has 5 nitrogen and oxygen atoms in total. The standard InChI is InChI=1S/C19H14Cl2O5/c1-9-7-15-12(8-14(9)21)16(22)18(25-10(2)19(23)24)17(26-15)11-5-3-4-6-13(11)20/h3-8,10H,1-2H3,(H,23,24)/p-1/t10-/m1/s1. The monoisotopic (exact) mass is 391 g/mol. The topological polar surface area (TPSA) is 79.6 Å². The van der Waals surface area contributed by atoms with Crippen LogP contribution in [0.3, 0.4) is 0 Å². The van der Waals surface area contributed by atoms with Gasteiger partial charge in [-0.25, -0.2) is 0 Å². The first-order valence-corrected chi connectivity index (χ1v) is 8.44. The number of halogens is 2. The first-order chi connectivity index (χ1) is 12.3. The van der Waals surface area contributed by atoms with Crippen LogP contribution in [0.4, 0.5) is 0 Å². The van der Waals surface area contributed by atoms with Crippen LogP contribution in [0.1, 0.15) is 12.5 Å². The summed E-state index contributed by atoms with van der Waals surface area (Å²) >= 11 is 12.3. The number of hydrogen-bond donors (Lipinski definition) is 0. The number of rotatable bonds is 4. The summed E-state index contributed by atoms with van der Waals surface area (Å²) in [5.74, 6) is -1.68. The van der Waals surface area contributed by atoms with Gasteiger partial charge in [0, 0.05) is 10.6 Å². The number of hydrogen-bond acceptors (Lipinski definition) is 5. The fourth-order valence-electron chi connectivity index (χ4n) is 2.45. The highest BCUT2D eigenvalue weighted by Crippen LogP contribution is 2.36. The van der Waals surface area contributed by atoms with E-state index >= 15 is 0 Å². The van der Waals surface area contributed by atoms with E-state index in [0.29, 0.717) is 21.2 Å². The number of carbonyl (C=O) groups is 1. The molecule has 0 amide bonds. The van der Waals surface area contributed by atoms with E-state index in [1.54, 1.807) is 37.3 Å². The van der Waals surface area contributed by atoms with E-state index in [9.17, 15) is 14.7 Å². The molecular weight excluding hydrogens is 379 g/mol. The molecule has 0 saturated heterocycles. The maximum atomic E-state index is 13.0. The SMILES string of the molecule is Cc1cc2oc(-c3ccccc3Cl)c(O[C@H](C)C(=O)[O-])c(=O)c2cc1Cl. The van der Waals surface area contributed by atoms with Gasteiger partial charge in [0.2, 0.25) is 11.2 Å². The molecule has 0 radical (unpaired) electrons. The first-order valence-electron chi connectivity index (χ1n) is 7.69. The Kier molecular flexibility index (Phi) is 4.94. The number of carbonyl (C=O) groups excluding carboxylic acids is 1. The van der Waals surface area contributed by atoms with Gasteiger partial charge in [0.15, 0.2) is 5.76 Å². The molecule has 0 saturated carbocycles. The molecule has 3 aromatic rings. The van der Waals surface area contributed by atoms with E-state index in [4.69, 9.17) is 32.4 Å². The van der Waals surface area contributed by atoms with Gasteiger partial charge >= 0.3 is 0 Å². The summed E-state index contributed by atoms with van der Waals surface area (Å²) in [4.78, 5) is 24.0. The lowest BCUT2D eigenvalue weighted by molar-refractivity contribution is -0.312. The molecule has 0 unspecified atom stereocenters. The van der Waals surface area contributed by atoms with Crippen LogP contribution in [0.5, 0.6) is 5.75 Å². The number of carboxylic acid groups (broad SMARTS) is 1. The minimum absolute atomic E-state index is 0.0444. The van der Waals surface area contributed by atoms with Gasteiger partial charge in [-0.3, -0.25) is 4.79 Å². The highest BCUT2D eigenvalue weighted by Gasteiger charge is 2.22. The molecule has 0 bridgehead atoms. The lowest BCUT2D eigenvalue weighted by Crippen LogP contribution is -2.38. The van der Waals surface area contributed by atoms with Gasteiger partial charge in [-0.2, -0.15) is 0 Å². The zero-order chi connectivity index (χ0) is 19.0. The van der Waals surface area contributed by atoms with Gasteiger partial charge in [0.25, 0.3) is 0 Å². The van der Waals surface area contributed by atoms with E-state index in [1.165, 1.54) is 13.0 Å². The van der Waals surface area contributed by atoms with Crippen molar-refractivity contribution in [3.63, 3.8) is 0 Å². The third-order valence-corrected chi connectivity index (χ3v) is 4.61. The van der Waals surface area contributed by atoms with Crippen molar-refractivity contribution in [2.75, 3.05) is 0 Å². The zero-order valence-electron chi connectivity index (χ0n) is 13.8. The highest BCUT2D eigenvalue weighted by atomic mass is 35.5. The average Bonchev–Trinajstić information content (AvgIpc) is 2.59. The van der Waals surface area contributed by atoms with Gasteiger partial charge < -0.3 is 19.1 Å². The number of aliphatic carboxylic acids is 1. The predicted molar refractivity (Wildman–Crippen MR) is 97.8 cm³/mol. The summed E-state index contributed by atoms with van der Waals surface area (Å²) in [6, 6.07) is 9.80. The van der Waals surface area contributed by atoms with E-state index in [-0.39, 0.29) is 16.9 Å². The van der Waals surface area contributed by atoms with Crippen LogP contribution >= 0.6 is 23.2 Å². The third kappa shape index (κ3) is 3.28. The fraction of sp³-hybridized carbons (Fsp3) is 0.158. The summed E-state index contributed by atoms with van der Waals surface area (Å²) < 4.78 is 11.2. The van der Waals surface area contributed by atoms with Crippen LogP contribution < -0.4 is 15.3 Å². The lowest BCUT2D eigenvalue weighted by Gasteiger charge is -2.18. The Balaban J connectivity index is 2.36. The average molecular weight is 392 g/mol. The summed E-state index contributed by atoms with van der Waals surface area (Å²) in [6.07, 6.45) is -1.36. The number of carboxylic acids is 1. The zero-order valence-corrected chi connectivity index (χ0v) is 15.4. The van der Waals surface area contributed by atoms with Crippen LogP contribution in [0.2, 0.25) is 10.0 Å². The van der Waals surface area contributed by atoms with Crippen molar-refractivity contribution in [3.05, 3.63) is 62.2 Å². The Labute approximate surface area is 158 Å². The lowest BCUT2D eigenvalue weighted by atomic mass is 10.1. The third-order valence-electron chi connectivity index (χ3n) is 3.87. The Bertz CT molecular complexity index is 1070. The maximum absolute atomic E-state index is 13.0. The second-order valence-electron chi connectivity index (χ2n) is 5.75. The summed E-state index contributed by atoms with van der Waals surface area (Å²) in [7, 11) is 0. The molecule has 1 aromatic heterocycles. The fourth-order valence-corrected chi connectivity index (χ4v) is 2.84. The summed E-state index contributed by atoms with van der Waals surface area (Å²) in [5, 5.41) is 12.0. The van der Waals surface area contributed by atoms with Gasteiger partial charge in [0.1, 0.15) is 11.7 Å². The molecule has 2 aromatic carbocycles. The smallest absolute Gasteiger partial charge is 0.235 e. The van der Waals surface area contributed by atoms with Crippen molar-refractivity contribution in [3.8, 4) is 17.1 Å². The number of benzene rings is 2. The molecule has 0 spiro atoms. The van der Waals surface area contributed by atoms with E-state index in [2.05, 4.69) is 0 Å². The molecular formula is C19H13Cl2O5-. The van der Waals surface area contributed by atoms with Crippen molar-refractivity contribution in [2.24, 2.45) is 0 Å². The van der Waals surface area contributed by atoms with Gasteiger partial charge in [-0.15, -0.1) is 0 Å². The van der Waals surface area contributed by atoms with E-state index in [0.717, 1.165) is 5.56 Å². The first kappa shape index (κ1) is 18.3. The second kappa shape index (κ2) is 7.02. The Morgan fingerprint density at radius 2 is 1.88 bits per heavy atom. The molecule has 7 heteroatoms. The molecule has 0 aliphatic rings. The number of ether oxygens (including phenoxy) is 1. The molecule has 1 heterocycles. The molecule has 3 rings (SSSR count). The van der Waals surface area contributed by atoms with Gasteiger partial charge in [0.05, 0.1) is 16.4 Å². The van der Waals surface area contributed by atoms with E-state index < -0.39 is 17.5 Å². The van der Waals surface area contributed by atoms with Crippen molar-refractivity contribution in [2.45, 2.75) is 20.0 Å². The van der Waals surface area contributed by atoms with Gasteiger partial charge in [-0.1, -0.05) is 35.3 Å². The van der Waals surface area contributed by atoms with Crippen molar-refractivity contribution in [1.82, 2.24) is 0 Å². The van der Waals surface area contributed by atoms with Crippen LogP contribution in [0.15, 0.2) is 45.6 Å². The van der Waals surface area contributed by atoms with Gasteiger partial charge in [-0.05, 0) is 43.7 Å². The summed E-state index contributed by atoms with van der Waals surface area (Å²) in [5.41, 5.74) is 0.877. The van der Waals surface area contributed by atoms with Crippen LogP contribution in [-0.2, 0) is 4.79 Å². The predicted octanol–water partition coefficient (Wildman–Crippen LogP) is 3.59. The van der Waals surface area contributed by atoms with Crippen LogP contribution in [0, 0.1) is 6.92 Å². The minimum Gasteiger partial charge on any atom is -0.546 e. The molecule has 0 fully saturated rings. The molecule has 0 N–H and O–H groups in total. The number of aryl methyl sites for hydroxylation is 1. The summed E-state index contributed by atoms with van der Waals surface area (Å²) in [6.45, 7) is 3.04. The second-order valence-corrected chi connectivity index (χ2v) is 6.56. The van der Waals surface area contributed by atoms with Crippen molar-refractivity contribution in [1.29, 1.82) is 0 Å². The molecule has 26 heavy (non-hydrogen) atoms. The molecule has 0 aliphatic heterocycles. The Morgan fingerprint density at radius 3 is 2.54 bits per heavy atom. The van der Waals surface area contributed by atoms with Crippen molar-refractivity contribution < 1.29 is 19.1 Å². The normalized spacial score (nSPS) is 12.2. The minimum atomic E-state index is -1.46. The molecule has 1 atom stereocenters. The van der Waals surface area contributed by atoms with Crippen molar-refractivity contribution >= 4 is 40.1 Å². The Morgan fingerprint density at radius 1 is 1.19 bits per heavy atom. The highest BCUT2D eigenvalue weighted by molar-refractivity contribution is 6.33.